The lowest BCUT2D eigenvalue weighted by Crippen LogP contribution is -2.34. The van der Waals surface area contributed by atoms with Crippen molar-refractivity contribution in [3.63, 3.8) is 0 Å². The van der Waals surface area contributed by atoms with Gasteiger partial charge in [-0.05, 0) is 33.2 Å². The van der Waals surface area contributed by atoms with Crippen LogP contribution in [0.3, 0.4) is 0 Å². The lowest BCUT2D eigenvalue weighted by atomic mass is 9.98. The average molecular weight is 433 g/mol. The Labute approximate surface area is 190 Å². The Morgan fingerprint density at radius 1 is 1.16 bits per heavy atom. The Bertz CT molecular complexity index is 1110. The van der Waals surface area contributed by atoms with E-state index in [-0.39, 0.29) is 11.9 Å². The molecule has 7 heteroatoms. The smallest absolute Gasteiger partial charge is 0.256 e. The number of rotatable bonds is 5. The standard InChI is InChI=1S/C25H32N6O/c1-17-20(25(32)29(3)4)15-26-24(27-17)22-13-9-10-14-31(22)16-21-18(2)30(5)28-23(21)19-11-7-6-8-12-19/h6-8,11-12,15,22H,9-10,13-14,16H2,1-5H3/t22-/m1/s1. The fourth-order valence-corrected chi connectivity index (χ4v) is 4.44. The number of hydrogen-bond acceptors (Lipinski definition) is 5. The molecule has 1 atom stereocenters. The van der Waals surface area contributed by atoms with E-state index >= 15 is 0 Å². The van der Waals surface area contributed by atoms with E-state index in [1.165, 1.54) is 11.3 Å². The van der Waals surface area contributed by atoms with Gasteiger partial charge >= 0.3 is 0 Å². The molecule has 1 aliphatic rings. The Kier molecular flexibility index (Phi) is 6.37. The molecule has 0 bridgehead atoms. The van der Waals surface area contributed by atoms with E-state index in [0.29, 0.717) is 5.56 Å². The minimum Gasteiger partial charge on any atom is -0.345 e. The summed E-state index contributed by atoms with van der Waals surface area (Å²) in [6.07, 6.45) is 5.02. The third-order valence-electron chi connectivity index (χ3n) is 6.41. The number of piperidine rings is 1. The van der Waals surface area contributed by atoms with Crippen LogP contribution < -0.4 is 0 Å². The molecule has 3 aromatic rings. The maximum absolute atomic E-state index is 12.4. The summed E-state index contributed by atoms with van der Waals surface area (Å²) in [6.45, 7) is 5.83. The molecule has 0 unspecified atom stereocenters. The highest BCUT2D eigenvalue weighted by Gasteiger charge is 2.29. The summed E-state index contributed by atoms with van der Waals surface area (Å²) in [6, 6.07) is 10.5. The van der Waals surface area contributed by atoms with Crippen LogP contribution in [0.4, 0.5) is 0 Å². The van der Waals surface area contributed by atoms with Gasteiger partial charge in [0.2, 0.25) is 0 Å². The minimum absolute atomic E-state index is 0.0620. The van der Waals surface area contributed by atoms with Crippen molar-refractivity contribution in [2.75, 3.05) is 20.6 Å². The van der Waals surface area contributed by atoms with Crippen LogP contribution in [0, 0.1) is 13.8 Å². The molecule has 3 heterocycles. The maximum atomic E-state index is 12.4. The van der Waals surface area contributed by atoms with E-state index in [2.05, 4.69) is 41.1 Å². The van der Waals surface area contributed by atoms with Crippen LogP contribution >= 0.6 is 0 Å². The Hall–Kier alpha value is -3.06. The predicted octanol–water partition coefficient (Wildman–Crippen LogP) is 3.92. The lowest BCUT2D eigenvalue weighted by Gasteiger charge is -2.35. The maximum Gasteiger partial charge on any atom is 0.256 e. The first-order valence-electron chi connectivity index (χ1n) is 11.2. The third kappa shape index (κ3) is 4.30. The summed E-state index contributed by atoms with van der Waals surface area (Å²) >= 11 is 0. The summed E-state index contributed by atoms with van der Waals surface area (Å²) in [5, 5.41) is 4.82. The van der Waals surface area contributed by atoms with Gasteiger partial charge < -0.3 is 4.90 Å². The summed E-state index contributed by atoms with van der Waals surface area (Å²) in [5.74, 6) is 0.744. The van der Waals surface area contributed by atoms with Gasteiger partial charge in [-0.1, -0.05) is 36.8 Å². The molecule has 0 aliphatic carbocycles. The molecule has 7 nitrogen and oxygen atoms in total. The largest absolute Gasteiger partial charge is 0.345 e. The summed E-state index contributed by atoms with van der Waals surface area (Å²) in [4.78, 5) is 25.9. The number of likely N-dealkylation sites (tertiary alicyclic amines) is 1. The van der Waals surface area contributed by atoms with E-state index in [0.717, 1.165) is 55.1 Å². The monoisotopic (exact) mass is 432 g/mol. The van der Waals surface area contributed by atoms with Crippen molar-refractivity contribution in [3.8, 4) is 11.3 Å². The fourth-order valence-electron chi connectivity index (χ4n) is 4.44. The van der Waals surface area contributed by atoms with Crippen molar-refractivity contribution in [1.29, 1.82) is 0 Å². The molecule has 1 amide bonds. The molecule has 0 radical (unpaired) electrons. The third-order valence-corrected chi connectivity index (χ3v) is 6.41. The zero-order chi connectivity index (χ0) is 22.8. The molecular formula is C25H32N6O. The molecule has 1 saturated heterocycles. The molecule has 4 rings (SSSR count). The van der Waals surface area contributed by atoms with Gasteiger partial charge in [0, 0.05) is 50.7 Å². The van der Waals surface area contributed by atoms with Crippen LogP contribution in [0.5, 0.6) is 0 Å². The number of benzene rings is 1. The van der Waals surface area contributed by atoms with Crippen molar-refractivity contribution >= 4 is 5.91 Å². The fraction of sp³-hybridized carbons (Fsp3) is 0.440. The normalized spacial score (nSPS) is 16.8. The number of aromatic nitrogens is 4. The van der Waals surface area contributed by atoms with Crippen molar-refractivity contribution in [3.05, 3.63) is 64.9 Å². The summed E-state index contributed by atoms with van der Waals surface area (Å²) in [5.41, 5.74) is 5.91. The van der Waals surface area contributed by atoms with Gasteiger partial charge in [-0.25, -0.2) is 9.97 Å². The predicted molar refractivity (Wildman–Crippen MR) is 125 cm³/mol. The van der Waals surface area contributed by atoms with Crippen molar-refractivity contribution < 1.29 is 4.79 Å². The molecule has 1 fully saturated rings. The van der Waals surface area contributed by atoms with Gasteiger partial charge in [0.1, 0.15) is 5.82 Å². The Balaban J connectivity index is 1.65. The highest BCUT2D eigenvalue weighted by atomic mass is 16.2. The average Bonchev–Trinajstić information content (AvgIpc) is 3.08. The van der Waals surface area contributed by atoms with Crippen molar-refractivity contribution in [2.24, 2.45) is 7.05 Å². The molecule has 0 N–H and O–H groups in total. The Morgan fingerprint density at radius 3 is 2.59 bits per heavy atom. The first-order chi connectivity index (χ1) is 15.4. The van der Waals surface area contributed by atoms with Gasteiger partial charge in [-0.3, -0.25) is 14.4 Å². The molecular weight excluding hydrogens is 400 g/mol. The van der Waals surface area contributed by atoms with E-state index in [1.54, 1.807) is 25.2 Å². The van der Waals surface area contributed by atoms with E-state index in [1.807, 2.05) is 24.7 Å². The summed E-state index contributed by atoms with van der Waals surface area (Å²) in [7, 11) is 5.50. The van der Waals surface area contributed by atoms with Gasteiger partial charge in [0.15, 0.2) is 0 Å². The number of hydrogen-bond donors (Lipinski definition) is 0. The van der Waals surface area contributed by atoms with Crippen LogP contribution in [0.2, 0.25) is 0 Å². The quantitative estimate of drug-likeness (QED) is 0.611. The first kappa shape index (κ1) is 22.1. The number of carbonyl (C=O) groups is 1. The number of amides is 1. The first-order valence-corrected chi connectivity index (χ1v) is 11.2. The molecule has 168 valence electrons. The van der Waals surface area contributed by atoms with Crippen LogP contribution in [-0.4, -0.2) is 56.1 Å². The SMILES string of the molecule is Cc1nc([C@H]2CCCCN2Cc2c(-c3ccccc3)nn(C)c2C)ncc1C(=O)N(C)C. The number of carbonyl (C=O) groups excluding carboxylic acids is 1. The molecule has 32 heavy (non-hydrogen) atoms. The van der Waals surface area contributed by atoms with Gasteiger partial charge in [0.25, 0.3) is 5.91 Å². The van der Waals surface area contributed by atoms with Crippen LogP contribution in [0.15, 0.2) is 36.5 Å². The number of nitrogens with zero attached hydrogens (tertiary/aromatic N) is 6. The summed E-state index contributed by atoms with van der Waals surface area (Å²) < 4.78 is 1.97. The molecule has 1 aliphatic heterocycles. The molecule has 1 aromatic carbocycles. The van der Waals surface area contributed by atoms with Crippen LogP contribution in [-0.2, 0) is 13.6 Å². The highest BCUT2D eigenvalue weighted by molar-refractivity contribution is 5.94. The van der Waals surface area contributed by atoms with Crippen molar-refractivity contribution in [2.45, 2.75) is 45.7 Å². The highest BCUT2D eigenvalue weighted by Crippen LogP contribution is 2.33. The number of aryl methyl sites for hydroxylation is 2. The molecule has 0 spiro atoms. The minimum atomic E-state index is -0.0620. The van der Waals surface area contributed by atoms with Crippen LogP contribution in [0.1, 0.15) is 58.4 Å². The lowest BCUT2D eigenvalue weighted by molar-refractivity contribution is 0.0825. The van der Waals surface area contributed by atoms with Crippen molar-refractivity contribution in [1.82, 2.24) is 29.5 Å². The second kappa shape index (κ2) is 9.20. The molecule has 0 saturated carbocycles. The molecule has 2 aromatic heterocycles. The van der Waals surface area contributed by atoms with E-state index in [4.69, 9.17) is 10.1 Å². The van der Waals surface area contributed by atoms with Gasteiger partial charge in [-0.2, -0.15) is 5.10 Å². The van der Waals surface area contributed by atoms with E-state index < -0.39 is 0 Å². The topological polar surface area (TPSA) is 67.2 Å². The zero-order valence-electron chi connectivity index (χ0n) is 19.7. The second-order valence-electron chi connectivity index (χ2n) is 8.81. The zero-order valence-corrected chi connectivity index (χ0v) is 19.7. The van der Waals surface area contributed by atoms with Crippen LogP contribution in [0.25, 0.3) is 11.3 Å². The Morgan fingerprint density at radius 2 is 1.91 bits per heavy atom. The second-order valence-corrected chi connectivity index (χ2v) is 8.81. The van der Waals surface area contributed by atoms with Gasteiger partial charge in [-0.15, -0.1) is 0 Å². The van der Waals surface area contributed by atoms with Gasteiger partial charge in [0.05, 0.1) is 23.0 Å². The van der Waals surface area contributed by atoms with E-state index in [9.17, 15) is 4.79 Å².